The molecule has 0 unspecified atom stereocenters. The third-order valence-electron chi connectivity index (χ3n) is 3.14. The molecular weight excluding hydrogens is 437 g/mol. The number of nitrogens with one attached hydrogen (secondary N) is 1. The Labute approximate surface area is 164 Å². The summed E-state index contributed by atoms with van der Waals surface area (Å²) in [6, 6.07) is 12.0. The quantitative estimate of drug-likeness (QED) is 0.261. The van der Waals surface area contributed by atoms with Gasteiger partial charge in [0.25, 0.3) is 0 Å². The fourth-order valence-corrected chi connectivity index (χ4v) is 2.69. The van der Waals surface area contributed by atoms with Gasteiger partial charge in [0.15, 0.2) is 5.96 Å². The van der Waals surface area contributed by atoms with Crippen LogP contribution in [0, 0.1) is 0 Å². The lowest BCUT2D eigenvalue weighted by Gasteiger charge is -2.07. The van der Waals surface area contributed by atoms with E-state index in [-0.39, 0.29) is 24.0 Å². The van der Waals surface area contributed by atoms with E-state index in [2.05, 4.69) is 27.8 Å². The summed E-state index contributed by atoms with van der Waals surface area (Å²) in [5.74, 6) is 1.28. The van der Waals surface area contributed by atoms with Crippen LogP contribution in [0.1, 0.15) is 10.4 Å². The van der Waals surface area contributed by atoms with E-state index in [0.717, 1.165) is 24.3 Å². The van der Waals surface area contributed by atoms with Crippen LogP contribution >= 0.6 is 35.3 Å². The molecule has 0 radical (unpaired) electrons. The lowest BCUT2D eigenvalue weighted by Crippen LogP contribution is -2.33. The minimum atomic E-state index is 0. The van der Waals surface area contributed by atoms with Gasteiger partial charge in [0.1, 0.15) is 12.4 Å². The van der Waals surface area contributed by atoms with E-state index >= 15 is 0 Å². The van der Waals surface area contributed by atoms with Crippen molar-refractivity contribution in [2.24, 2.45) is 10.7 Å². The van der Waals surface area contributed by atoms with Crippen LogP contribution in [-0.4, -0.2) is 32.8 Å². The van der Waals surface area contributed by atoms with E-state index in [4.69, 9.17) is 15.2 Å². The number of benzene rings is 1. The first-order chi connectivity index (χ1) is 11.3. The summed E-state index contributed by atoms with van der Waals surface area (Å²) in [4.78, 5) is 5.70. The zero-order valence-corrected chi connectivity index (χ0v) is 16.9. The molecule has 2 rings (SSSR count). The van der Waals surface area contributed by atoms with Crippen molar-refractivity contribution < 1.29 is 9.47 Å². The fourth-order valence-electron chi connectivity index (χ4n) is 1.98. The lowest BCUT2D eigenvalue weighted by atomic mass is 10.2. The molecule has 0 aliphatic heterocycles. The zero-order valence-electron chi connectivity index (χ0n) is 13.7. The van der Waals surface area contributed by atoms with Crippen LogP contribution in [0.3, 0.4) is 0 Å². The van der Waals surface area contributed by atoms with Crippen molar-refractivity contribution in [1.82, 2.24) is 5.32 Å². The predicted molar refractivity (Wildman–Crippen MR) is 111 cm³/mol. The Morgan fingerprint density at radius 3 is 2.88 bits per heavy atom. The number of aliphatic imine (C=N–C) groups is 1. The summed E-state index contributed by atoms with van der Waals surface area (Å²) >= 11 is 1.75. The lowest BCUT2D eigenvalue weighted by molar-refractivity contribution is 0.146. The topological polar surface area (TPSA) is 68.9 Å². The standard InChI is InChI=1S/C17H23N3O2S.HI/c1-21-9-10-22-15-5-2-4-14(12-15)13-20-17(18)19-8-7-16-6-3-11-23-16;/h2-6,11-12H,7-10,13H2,1H3,(H3,18,19,20);1H. The average molecular weight is 461 g/mol. The van der Waals surface area contributed by atoms with E-state index in [1.165, 1.54) is 4.88 Å². The van der Waals surface area contributed by atoms with Crippen LogP contribution in [0.15, 0.2) is 46.8 Å². The molecule has 0 saturated heterocycles. The molecule has 0 amide bonds. The molecule has 0 aliphatic carbocycles. The largest absolute Gasteiger partial charge is 0.491 e. The van der Waals surface area contributed by atoms with Crippen molar-refractivity contribution in [2.45, 2.75) is 13.0 Å². The van der Waals surface area contributed by atoms with Gasteiger partial charge < -0.3 is 20.5 Å². The first-order valence-corrected chi connectivity index (χ1v) is 8.43. The second kappa shape index (κ2) is 12.1. The van der Waals surface area contributed by atoms with Gasteiger partial charge in [-0.3, -0.25) is 0 Å². The molecule has 0 aliphatic rings. The van der Waals surface area contributed by atoms with Gasteiger partial charge >= 0.3 is 0 Å². The van der Waals surface area contributed by atoms with Crippen molar-refractivity contribution in [1.29, 1.82) is 0 Å². The van der Waals surface area contributed by atoms with E-state index in [9.17, 15) is 0 Å². The SMILES string of the molecule is COCCOc1cccc(CN=C(N)NCCc2cccs2)c1.I. The molecule has 0 fully saturated rings. The Balaban J connectivity index is 0.00000288. The molecule has 132 valence electrons. The molecule has 7 heteroatoms. The second-order valence-electron chi connectivity index (χ2n) is 4.95. The van der Waals surface area contributed by atoms with Crippen LogP contribution in [0.25, 0.3) is 0 Å². The number of nitrogens with zero attached hydrogens (tertiary/aromatic N) is 1. The highest BCUT2D eigenvalue weighted by Crippen LogP contribution is 2.14. The number of hydrogen-bond acceptors (Lipinski definition) is 4. The molecule has 1 aromatic carbocycles. The molecule has 3 N–H and O–H groups in total. The Morgan fingerprint density at radius 1 is 1.25 bits per heavy atom. The van der Waals surface area contributed by atoms with Crippen molar-refractivity contribution >= 4 is 41.3 Å². The summed E-state index contributed by atoms with van der Waals surface area (Å²) in [5.41, 5.74) is 6.95. The highest BCUT2D eigenvalue weighted by Gasteiger charge is 1.98. The predicted octanol–water partition coefficient (Wildman–Crippen LogP) is 3.04. The Hall–Kier alpha value is -1.32. The number of guanidine groups is 1. The number of hydrogen-bond donors (Lipinski definition) is 2. The molecule has 0 bridgehead atoms. The molecule has 0 saturated carbocycles. The minimum absolute atomic E-state index is 0. The van der Waals surface area contributed by atoms with Crippen LogP contribution in [0.2, 0.25) is 0 Å². The summed E-state index contributed by atoms with van der Waals surface area (Å²) in [7, 11) is 1.66. The Bertz CT molecular complexity index is 606. The average Bonchev–Trinajstić information content (AvgIpc) is 3.07. The van der Waals surface area contributed by atoms with Crippen molar-refractivity contribution in [3.05, 3.63) is 52.2 Å². The third-order valence-corrected chi connectivity index (χ3v) is 4.08. The van der Waals surface area contributed by atoms with Gasteiger partial charge in [-0.15, -0.1) is 35.3 Å². The van der Waals surface area contributed by atoms with Crippen molar-refractivity contribution in [3.63, 3.8) is 0 Å². The highest BCUT2D eigenvalue weighted by molar-refractivity contribution is 14.0. The monoisotopic (exact) mass is 461 g/mol. The molecule has 24 heavy (non-hydrogen) atoms. The summed E-state index contributed by atoms with van der Waals surface area (Å²) in [6.45, 7) is 2.43. The van der Waals surface area contributed by atoms with Crippen molar-refractivity contribution in [3.8, 4) is 5.75 Å². The van der Waals surface area contributed by atoms with Gasteiger partial charge in [-0.2, -0.15) is 0 Å². The number of methoxy groups -OCH3 is 1. The number of nitrogens with two attached hydrogens (primary N) is 1. The van der Waals surface area contributed by atoms with Gasteiger partial charge in [-0.1, -0.05) is 18.2 Å². The summed E-state index contributed by atoms with van der Waals surface area (Å²) in [6.07, 6.45) is 0.955. The molecule has 0 atom stereocenters. The fraction of sp³-hybridized carbons (Fsp3) is 0.353. The number of rotatable bonds is 9. The van der Waals surface area contributed by atoms with Crippen LogP contribution in [0.4, 0.5) is 0 Å². The van der Waals surface area contributed by atoms with E-state index in [1.807, 2.05) is 24.3 Å². The molecule has 2 aromatic rings. The molecular formula is C17H24IN3O2S. The Morgan fingerprint density at radius 2 is 2.12 bits per heavy atom. The third kappa shape index (κ3) is 7.98. The van der Waals surface area contributed by atoms with Crippen LogP contribution < -0.4 is 15.8 Å². The molecule has 1 aromatic heterocycles. The number of halogens is 1. The van der Waals surface area contributed by atoms with Gasteiger partial charge in [0.2, 0.25) is 0 Å². The normalized spacial score (nSPS) is 11.0. The van der Waals surface area contributed by atoms with Gasteiger partial charge in [-0.25, -0.2) is 4.99 Å². The highest BCUT2D eigenvalue weighted by atomic mass is 127. The summed E-state index contributed by atoms with van der Waals surface area (Å²) in [5, 5.41) is 5.21. The first kappa shape index (κ1) is 20.7. The number of ether oxygens (including phenoxy) is 2. The van der Waals surface area contributed by atoms with Crippen LogP contribution in [0.5, 0.6) is 5.75 Å². The smallest absolute Gasteiger partial charge is 0.188 e. The molecule has 5 nitrogen and oxygen atoms in total. The molecule has 0 spiro atoms. The van der Waals surface area contributed by atoms with Crippen LogP contribution in [-0.2, 0) is 17.7 Å². The van der Waals surface area contributed by atoms with Gasteiger partial charge in [-0.05, 0) is 35.6 Å². The maximum atomic E-state index is 5.89. The second-order valence-corrected chi connectivity index (χ2v) is 5.98. The maximum Gasteiger partial charge on any atom is 0.188 e. The van der Waals surface area contributed by atoms with Crippen molar-refractivity contribution in [2.75, 3.05) is 26.9 Å². The van der Waals surface area contributed by atoms with E-state index < -0.39 is 0 Å². The van der Waals surface area contributed by atoms with E-state index in [1.54, 1.807) is 18.4 Å². The number of thiophene rings is 1. The summed E-state index contributed by atoms with van der Waals surface area (Å²) < 4.78 is 10.5. The maximum absolute atomic E-state index is 5.89. The Kier molecular flexibility index (Phi) is 10.4. The van der Waals surface area contributed by atoms with Gasteiger partial charge in [0, 0.05) is 18.5 Å². The first-order valence-electron chi connectivity index (χ1n) is 7.55. The zero-order chi connectivity index (χ0) is 16.3. The van der Waals surface area contributed by atoms with Gasteiger partial charge in [0.05, 0.1) is 13.2 Å². The minimum Gasteiger partial charge on any atom is -0.491 e. The van der Waals surface area contributed by atoms with E-state index in [0.29, 0.717) is 25.7 Å². The molecule has 1 heterocycles.